The van der Waals surface area contributed by atoms with Crippen molar-refractivity contribution in [3.05, 3.63) is 35.9 Å². The van der Waals surface area contributed by atoms with Crippen molar-refractivity contribution in [3.8, 4) is 0 Å². The molecule has 0 aliphatic rings. The second-order valence-corrected chi connectivity index (χ2v) is 9.49. The lowest BCUT2D eigenvalue weighted by atomic mass is 9.97. The minimum atomic E-state index is 0.736. The molecule has 1 nitrogen and oxygen atoms in total. The van der Waals surface area contributed by atoms with Gasteiger partial charge in [0, 0.05) is 6.42 Å². The van der Waals surface area contributed by atoms with E-state index >= 15 is 0 Å². The summed E-state index contributed by atoms with van der Waals surface area (Å²) in [4.78, 5) is 0. The molecule has 156 valence electrons. The summed E-state index contributed by atoms with van der Waals surface area (Å²) >= 11 is 0. The Bertz CT molecular complexity index is 431. The van der Waals surface area contributed by atoms with Crippen LogP contribution in [0.15, 0.2) is 30.3 Å². The van der Waals surface area contributed by atoms with Crippen LogP contribution >= 0.6 is 0 Å². The maximum atomic E-state index is 2.36. The third-order valence-electron chi connectivity index (χ3n) is 6.05. The van der Waals surface area contributed by atoms with Crippen LogP contribution in [0.3, 0.4) is 0 Å². The number of hydrogen-bond acceptors (Lipinski definition) is 0. The maximum Gasteiger partial charge on any atom is 0.0925 e. The lowest BCUT2D eigenvalue weighted by Crippen LogP contribution is -2.46. The van der Waals surface area contributed by atoms with Crippen LogP contribution < -0.4 is 0 Å². The number of benzene rings is 1. The molecule has 0 N–H and O–H groups in total. The van der Waals surface area contributed by atoms with E-state index in [1.54, 1.807) is 0 Å². The lowest BCUT2D eigenvalue weighted by Gasteiger charge is -2.34. The molecule has 0 bridgehead atoms. The van der Waals surface area contributed by atoms with E-state index in [-0.39, 0.29) is 0 Å². The van der Waals surface area contributed by atoms with Crippen LogP contribution in [0.4, 0.5) is 0 Å². The van der Waals surface area contributed by atoms with Gasteiger partial charge >= 0.3 is 0 Å². The van der Waals surface area contributed by atoms with E-state index in [2.05, 4.69) is 58.4 Å². The number of quaternary nitrogens is 1. The number of hydrogen-bond donors (Lipinski definition) is 0. The van der Waals surface area contributed by atoms with Crippen LogP contribution in [0.25, 0.3) is 0 Å². The van der Waals surface area contributed by atoms with E-state index in [1.165, 1.54) is 102 Å². The minimum absolute atomic E-state index is 0.736. The Morgan fingerprint density at radius 1 is 0.630 bits per heavy atom. The highest BCUT2D eigenvalue weighted by atomic mass is 15.3. The fourth-order valence-electron chi connectivity index (χ4n) is 4.05. The molecule has 1 unspecified atom stereocenters. The molecule has 1 aromatic carbocycles. The van der Waals surface area contributed by atoms with E-state index in [1.807, 2.05) is 0 Å². The van der Waals surface area contributed by atoms with Crippen molar-refractivity contribution in [2.75, 3.05) is 21.1 Å². The van der Waals surface area contributed by atoms with Gasteiger partial charge in [0.15, 0.2) is 0 Å². The van der Waals surface area contributed by atoms with Gasteiger partial charge in [-0.25, -0.2) is 0 Å². The second kappa shape index (κ2) is 15.1. The van der Waals surface area contributed by atoms with Crippen molar-refractivity contribution < 1.29 is 4.48 Å². The van der Waals surface area contributed by atoms with Crippen molar-refractivity contribution in [2.24, 2.45) is 0 Å². The standard InChI is InChI=1S/C26H48N/c1-5-6-7-8-9-10-11-12-13-14-15-16-20-23-26(27(2,3)4)24-25-21-18-17-19-22-25/h17-19,21-22,26H,5-16,20,23-24H2,1-4H3/q+1. The third kappa shape index (κ3) is 13.1. The van der Waals surface area contributed by atoms with Crippen molar-refractivity contribution in [1.29, 1.82) is 0 Å². The zero-order chi connectivity index (χ0) is 19.8. The summed E-state index contributed by atoms with van der Waals surface area (Å²) in [5.41, 5.74) is 1.49. The molecule has 0 aromatic heterocycles. The van der Waals surface area contributed by atoms with E-state index in [4.69, 9.17) is 0 Å². The molecule has 1 rings (SSSR count). The molecule has 1 heteroatoms. The average molecular weight is 375 g/mol. The van der Waals surface area contributed by atoms with E-state index in [0.717, 1.165) is 10.5 Å². The third-order valence-corrected chi connectivity index (χ3v) is 6.05. The highest BCUT2D eigenvalue weighted by molar-refractivity contribution is 5.15. The Morgan fingerprint density at radius 2 is 1.07 bits per heavy atom. The average Bonchev–Trinajstić information content (AvgIpc) is 2.64. The van der Waals surface area contributed by atoms with E-state index in [0.29, 0.717) is 0 Å². The molecule has 0 radical (unpaired) electrons. The molecule has 0 amide bonds. The van der Waals surface area contributed by atoms with Crippen LogP contribution in [0.5, 0.6) is 0 Å². The van der Waals surface area contributed by atoms with Crippen molar-refractivity contribution in [2.45, 2.75) is 109 Å². The van der Waals surface area contributed by atoms with E-state index in [9.17, 15) is 0 Å². The minimum Gasteiger partial charge on any atom is -0.328 e. The molecular formula is C26H48N+. The van der Waals surface area contributed by atoms with Gasteiger partial charge in [-0.2, -0.15) is 0 Å². The van der Waals surface area contributed by atoms with Crippen molar-refractivity contribution in [1.82, 2.24) is 0 Å². The predicted molar refractivity (Wildman–Crippen MR) is 122 cm³/mol. The SMILES string of the molecule is CCCCCCCCCCCCCCCC(Cc1ccccc1)[N+](C)(C)C. The summed E-state index contributed by atoms with van der Waals surface area (Å²) in [7, 11) is 7.07. The Labute approximate surface area is 171 Å². The molecule has 0 aliphatic carbocycles. The van der Waals surface area contributed by atoms with E-state index < -0.39 is 0 Å². The number of likely N-dealkylation sites (N-methyl/N-ethyl adjacent to an activating group) is 1. The first-order valence-electron chi connectivity index (χ1n) is 11.9. The fourth-order valence-corrected chi connectivity index (χ4v) is 4.05. The van der Waals surface area contributed by atoms with Gasteiger partial charge < -0.3 is 4.48 Å². The summed E-state index contributed by atoms with van der Waals surface area (Å²) in [5, 5.41) is 0. The molecule has 1 atom stereocenters. The first kappa shape index (κ1) is 24.2. The largest absolute Gasteiger partial charge is 0.328 e. The van der Waals surface area contributed by atoms with Crippen LogP contribution in [0.1, 0.15) is 102 Å². The molecule has 0 aliphatic heterocycles. The van der Waals surface area contributed by atoms with Gasteiger partial charge in [-0.3, -0.25) is 0 Å². The Kier molecular flexibility index (Phi) is 13.6. The molecule has 0 spiro atoms. The smallest absolute Gasteiger partial charge is 0.0925 e. The molecule has 0 heterocycles. The Balaban J connectivity index is 2.03. The molecule has 0 fully saturated rings. The van der Waals surface area contributed by atoms with Crippen LogP contribution in [0.2, 0.25) is 0 Å². The predicted octanol–water partition coefficient (Wildman–Crippen LogP) is 7.79. The van der Waals surface area contributed by atoms with Crippen LogP contribution in [-0.4, -0.2) is 31.7 Å². The normalized spacial score (nSPS) is 13.0. The van der Waals surface area contributed by atoms with Gasteiger partial charge in [0.25, 0.3) is 0 Å². The Morgan fingerprint density at radius 3 is 1.52 bits per heavy atom. The summed E-state index contributed by atoms with van der Waals surface area (Å²) in [5.74, 6) is 0. The lowest BCUT2D eigenvalue weighted by molar-refractivity contribution is -0.896. The summed E-state index contributed by atoms with van der Waals surface area (Å²) in [6, 6.07) is 11.8. The fraction of sp³-hybridized carbons (Fsp3) is 0.769. The molecule has 27 heavy (non-hydrogen) atoms. The van der Waals surface area contributed by atoms with Crippen molar-refractivity contribution in [3.63, 3.8) is 0 Å². The first-order valence-corrected chi connectivity index (χ1v) is 11.9. The molecule has 0 saturated carbocycles. The van der Waals surface area contributed by atoms with Gasteiger partial charge in [-0.1, -0.05) is 114 Å². The summed E-state index contributed by atoms with van der Waals surface area (Å²) < 4.78 is 1.08. The zero-order valence-corrected chi connectivity index (χ0v) is 19.0. The number of nitrogens with zero attached hydrogens (tertiary/aromatic N) is 1. The number of rotatable bonds is 17. The van der Waals surface area contributed by atoms with Crippen LogP contribution in [0, 0.1) is 0 Å². The van der Waals surface area contributed by atoms with Gasteiger partial charge in [0.2, 0.25) is 0 Å². The Hall–Kier alpha value is -0.820. The van der Waals surface area contributed by atoms with Gasteiger partial charge in [-0.15, -0.1) is 0 Å². The van der Waals surface area contributed by atoms with Crippen molar-refractivity contribution >= 4 is 0 Å². The topological polar surface area (TPSA) is 0 Å². The summed E-state index contributed by atoms with van der Waals surface area (Å²) in [6.07, 6.45) is 21.3. The molecular weight excluding hydrogens is 326 g/mol. The highest BCUT2D eigenvalue weighted by Crippen LogP contribution is 2.19. The highest BCUT2D eigenvalue weighted by Gasteiger charge is 2.23. The van der Waals surface area contributed by atoms with Gasteiger partial charge in [-0.05, 0) is 18.4 Å². The van der Waals surface area contributed by atoms with Gasteiger partial charge in [0.1, 0.15) is 0 Å². The quantitative estimate of drug-likeness (QED) is 0.193. The molecule has 0 saturated heterocycles. The number of unbranched alkanes of at least 4 members (excludes halogenated alkanes) is 12. The van der Waals surface area contributed by atoms with Gasteiger partial charge in [0.05, 0.1) is 27.2 Å². The molecule has 1 aromatic rings. The summed E-state index contributed by atoms with van der Waals surface area (Å²) in [6.45, 7) is 2.30. The monoisotopic (exact) mass is 374 g/mol. The maximum absolute atomic E-state index is 2.36. The second-order valence-electron chi connectivity index (χ2n) is 9.49. The first-order chi connectivity index (χ1) is 13.0. The zero-order valence-electron chi connectivity index (χ0n) is 19.0. The van der Waals surface area contributed by atoms with Crippen LogP contribution in [-0.2, 0) is 6.42 Å².